The van der Waals surface area contributed by atoms with Crippen molar-refractivity contribution in [1.82, 2.24) is 0 Å². The van der Waals surface area contributed by atoms with Crippen molar-refractivity contribution >= 4 is 108 Å². The lowest BCUT2D eigenvalue weighted by atomic mass is 9.74. The quantitative estimate of drug-likeness (QED) is 0.144. The molecule has 0 radical (unpaired) electrons. The van der Waals surface area contributed by atoms with Gasteiger partial charge in [0.2, 0.25) is 0 Å². The molecule has 0 heteroatoms. The number of allylic oxidation sites excluding steroid dienone is 8. The van der Waals surface area contributed by atoms with E-state index in [1.54, 1.807) is 0 Å². The molecule has 2 atom stereocenters. The molecule has 0 N–H and O–H groups in total. The van der Waals surface area contributed by atoms with Crippen LogP contribution < -0.4 is 0 Å². The molecule has 2 unspecified atom stereocenters. The molecule has 0 saturated heterocycles. The van der Waals surface area contributed by atoms with Crippen molar-refractivity contribution in [2.24, 2.45) is 5.92 Å². The highest BCUT2D eigenvalue weighted by Gasteiger charge is 2.41. The van der Waals surface area contributed by atoms with E-state index in [0.29, 0.717) is 11.8 Å². The molecule has 0 spiro atoms. The third kappa shape index (κ3) is 6.05. The fraction of sp³-hybridized carbons (Fsp3) is 0.111. The Labute approximate surface area is 422 Å². The van der Waals surface area contributed by atoms with Gasteiger partial charge in [-0.05, 0) is 177 Å². The van der Waals surface area contributed by atoms with E-state index in [2.05, 4.69) is 218 Å². The molecule has 0 aromatic heterocycles. The number of hydrogen-bond acceptors (Lipinski definition) is 0. The van der Waals surface area contributed by atoms with Crippen molar-refractivity contribution in [3.63, 3.8) is 0 Å². The van der Waals surface area contributed by atoms with Crippen LogP contribution in [0.5, 0.6) is 0 Å². The average molecular weight is 921 g/mol. The molecule has 0 fully saturated rings. The fourth-order valence-electron chi connectivity index (χ4n) is 13.2. The second-order valence-electron chi connectivity index (χ2n) is 18.9. The topological polar surface area (TPSA) is 0 Å². The smallest absolute Gasteiger partial charge is 0.0205 e. The van der Waals surface area contributed by atoms with Gasteiger partial charge in [0, 0.05) is 11.8 Å². The maximum Gasteiger partial charge on any atom is 0.0205 e. The monoisotopic (exact) mass is 920 g/mol. The SMILES string of the molecule is C1=CC2=C(c3ccc4c5c(cccc35)-c3ccccc3-4)C=CC3c4cc5ccccc5cc4C(=C1)C23.CC.CC.CC.c1ccc2c(c1)c1cccc3c4cc5c6ccccc6c6cccc(c4cc2c13)c65. The maximum absolute atomic E-state index is 2.47. The van der Waals surface area contributed by atoms with E-state index in [-0.39, 0.29) is 0 Å². The van der Waals surface area contributed by atoms with Gasteiger partial charge in [0.1, 0.15) is 0 Å². The van der Waals surface area contributed by atoms with Crippen molar-refractivity contribution in [2.45, 2.75) is 47.5 Å². The van der Waals surface area contributed by atoms with E-state index in [0.717, 1.165) is 0 Å². The minimum Gasteiger partial charge on any atom is -0.0754 e. The molecule has 0 nitrogen and oxygen atoms in total. The molecule has 4 aliphatic rings. The first-order valence-corrected chi connectivity index (χ1v) is 26.4. The van der Waals surface area contributed by atoms with Gasteiger partial charge in [-0.2, -0.15) is 0 Å². The molecule has 4 aliphatic carbocycles. The lowest BCUT2D eigenvalue weighted by Gasteiger charge is -2.29. The molecular weight excluding hydrogens is 865 g/mol. The van der Waals surface area contributed by atoms with E-state index in [4.69, 9.17) is 0 Å². The number of rotatable bonds is 1. The molecule has 13 aromatic carbocycles. The zero-order chi connectivity index (χ0) is 48.8. The van der Waals surface area contributed by atoms with Crippen molar-refractivity contribution in [2.75, 3.05) is 0 Å². The predicted octanol–water partition coefficient (Wildman–Crippen LogP) is 21.0. The first-order chi connectivity index (χ1) is 35.8. The van der Waals surface area contributed by atoms with Gasteiger partial charge in [-0.15, -0.1) is 0 Å². The first-order valence-electron chi connectivity index (χ1n) is 26.4. The van der Waals surface area contributed by atoms with Gasteiger partial charge in [0.15, 0.2) is 0 Å². The van der Waals surface area contributed by atoms with Gasteiger partial charge in [0.05, 0.1) is 0 Å². The van der Waals surface area contributed by atoms with Crippen molar-refractivity contribution in [3.8, 4) is 22.3 Å². The van der Waals surface area contributed by atoms with Crippen LogP contribution in [0.15, 0.2) is 224 Å². The summed E-state index contributed by atoms with van der Waals surface area (Å²) in [7, 11) is 0. The fourth-order valence-corrected chi connectivity index (χ4v) is 13.2. The van der Waals surface area contributed by atoms with Crippen molar-refractivity contribution in [3.05, 3.63) is 241 Å². The van der Waals surface area contributed by atoms with Crippen LogP contribution in [0.1, 0.15) is 64.2 Å². The Morgan fingerprint density at radius 2 is 0.750 bits per heavy atom. The van der Waals surface area contributed by atoms with E-state index >= 15 is 0 Å². The Morgan fingerprint density at radius 3 is 1.35 bits per heavy atom. The van der Waals surface area contributed by atoms with Crippen LogP contribution in [0.3, 0.4) is 0 Å². The van der Waals surface area contributed by atoms with Crippen LogP contribution in [0.25, 0.3) is 130 Å². The van der Waals surface area contributed by atoms with Crippen LogP contribution in [-0.4, -0.2) is 0 Å². The molecule has 0 amide bonds. The lowest BCUT2D eigenvalue weighted by Crippen LogP contribution is -2.14. The summed E-state index contributed by atoms with van der Waals surface area (Å²) in [5.74, 6) is 0.794. The minimum absolute atomic E-state index is 0.391. The Hall–Kier alpha value is -8.32. The number of hydrogen-bond donors (Lipinski definition) is 0. The van der Waals surface area contributed by atoms with E-state index in [1.165, 1.54) is 153 Å². The predicted molar refractivity (Wildman–Crippen MR) is 317 cm³/mol. The average Bonchev–Trinajstić information content (AvgIpc) is 4.18. The summed E-state index contributed by atoms with van der Waals surface area (Å²) in [6.07, 6.45) is 11.8. The summed E-state index contributed by atoms with van der Waals surface area (Å²) in [6.45, 7) is 12.0. The van der Waals surface area contributed by atoms with Crippen LogP contribution >= 0.6 is 0 Å². The highest BCUT2D eigenvalue weighted by Crippen LogP contribution is 2.57. The summed E-state index contributed by atoms with van der Waals surface area (Å²) < 4.78 is 0. The summed E-state index contributed by atoms with van der Waals surface area (Å²) in [5, 5.41) is 24.6. The van der Waals surface area contributed by atoms with Gasteiger partial charge in [-0.3, -0.25) is 0 Å². The highest BCUT2D eigenvalue weighted by molar-refractivity contribution is 6.41. The Balaban J connectivity index is 0.000000129. The zero-order valence-corrected chi connectivity index (χ0v) is 41.9. The molecule has 17 rings (SSSR count). The molecule has 0 bridgehead atoms. The van der Waals surface area contributed by atoms with Crippen LogP contribution in [0.4, 0.5) is 0 Å². The van der Waals surface area contributed by atoms with Gasteiger partial charge in [-0.25, -0.2) is 0 Å². The maximum atomic E-state index is 2.47. The summed E-state index contributed by atoms with van der Waals surface area (Å²) in [5.41, 5.74) is 14.0. The van der Waals surface area contributed by atoms with E-state index in [1.807, 2.05) is 41.5 Å². The van der Waals surface area contributed by atoms with Gasteiger partial charge in [-0.1, -0.05) is 236 Å². The number of fused-ring (bicyclic) bond motifs is 16. The minimum atomic E-state index is 0.391. The summed E-state index contributed by atoms with van der Waals surface area (Å²) >= 11 is 0. The molecule has 0 aliphatic heterocycles. The van der Waals surface area contributed by atoms with Gasteiger partial charge < -0.3 is 0 Å². The molecule has 0 heterocycles. The van der Waals surface area contributed by atoms with Crippen LogP contribution in [-0.2, 0) is 0 Å². The molecule has 0 saturated carbocycles. The summed E-state index contributed by atoms with van der Waals surface area (Å²) in [6, 6.07) is 70.1. The molecule has 13 aromatic rings. The second-order valence-corrected chi connectivity index (χ2v) is 18.9. The third-order valence-corrected chi connectivity index (χ3v) is 15.9. The zero-order valence-electron chi connectivity index (χ0n) is 41.9. The molecule has 344 valence electrons. The lowest BCUT2D eigenvalue weighted by molar-refractivity contribution is 0.725. The highest BCUT2D eigenvalue weighted by atomic mass is 14.4. The number of benzene rings is 11. The molecule has 72 heavy (non-hydrogen) atoms. The van der Waals surface area contributed by atoms with Crippen molar-refractivity contribution in [1.29, 1.82) is 0 Å². The van der Waals surface area contributed by atoms with E-state index in [9.17, 15) is 0 Å². The molecular formula is C72H56. The van der Waals surface area contributed by atoms with Gasteiger partial charge in [0.25, 0.3) is 0 Å². The standard InChI is InChI=1S/C36H22.C30H16.3C2H6/c1-2-8-22-20-34-32-18-16-26(29-13-6-14-30(36(29)32)33(34)19-21(22)7-1)25-15-17-31-24-10-4-3-9-23(24)27-11-5-12-28(25)35(27)31;1-3-9-19-17(7-1)21-11-5-13-23-26-16-28-20-10-4-2-8-18(20)22-12-6-14-24(30(22)28)25(26)15-27(19)29(21)23;3*1-2/h1-20,32,36H;1-16H;3*1-2H3. The third-order valence-electron chi connectivity index (χ3n) is 15.9. The summed E-state index contributed by atoms with van der Waals surface area (Å²) in [4.78, 5) is 0. The normalized spacial score (nSPS) is 15.6. The largest absolute Gasteiger partial charge is 0.0754 e. The Morgan fingerprint density at radius 1 is 0.306 bits per heavy atom. The van der Waals surface area contributed by atoms with Crippen molar-refractivity contribution < 1.29 is 0 Å². The first kappa shape index (κ1) is 43.7. The Kier molecular flexibility index (Phi) is 10.4. The Bertz CT molecular complexity index is 4280. The second kappa shape index (κ2) is 17.2. The van der Waals surface area contributed by atoms with Crippen LogP contribution in [0, 0.1) is 5.92 Å². The van der Waals surface area contributed by atoms with Crippen LogP contribution in [0.2, 0.25) is 0 Å². The van der Waals surface area contributed by atoms with Gasteiger partial charge >= 0.3 is 0 Å². The van der Waals surface area contributed by atoms with E-state index < -0.39 is 0 Å².